The highest BCUT2D eigenvalue weighted by atomic mass is 32.2. The summed E-state index contributed by atoms with van der Waals surface area (Å²) in [5, 5.41) is 0.597. The molecule has 2 aliphatic heterocycles. The summed E-state index contributed by atoms with van der Waals surface area (Å²) in [4.78, 5) is 19.1. The Morgan fingerprint density at radius 3 is 2.74 bits per heavy atom. The monoisotopic (exact) mass is 330 g/mol. The number of hydrogen-bond acceptors (Lipinski definition) is 7. The molecule has 8 heteroatoms. The van der Waals surface area contributed by atoms with Gasteiger partial charge in [0.25, 0.3) is 0 Å². The van der Waals surface area contributed by atoms with Crippen molar-refractivity contribution in [1.82, 2.24) is 15.0 Å². The smallest absolute Gasteiger partial charge is 0.225 e. The molecule has 0 aliphatic carbocycles. The zero-order valence-electron chi connectivity index (χ0n) is 12.3. The average molecular weight is 330 g/mol. The molecule has 0 radical (unpaired) electrons. The van der Waals surface area contributed by atoms with Gasteiger partial charge in [0.15, 0.2) is 11.0 Å². The number of hydrogen-bond donors (Lipinski definition) is 1. The van der Waals surface area contributed by atoms with Crippen LogP contribution in [0.5, 0.6) is 0 Å². The first-order chi connectivity index (χ1) is 11.2. The highest BCUT2D eigenvalue weighted by molar-refractivity contribution is 8.13. The summed E-state index contributed by atoms with van der Waals surface area (Å²) in [5.41, 5.74) is 6.68. The lowest BCUT2D eigenvalue weighted by molar-refractivity contribution is 0.387. The van der Waals surface area contributed by atoms with E-state index in [2.05, 4.69) is 15.0 Å². The van der Waals surface area contributed by atoms with Crippen LogP contribution in [-0.2, 0) is 5.54 Å². The summed E-state index contributed by atoms with van der Waals surface area (Å²) in [6.07, 6.45) is 5.92. The van der Waals surface area contributed by atoms with E-state index in [4.69, 9.17) is 10.7 Å². The van der Waals surface area contributed by atoms with Crippen LogP contribution in [0.1, 0.15) is 5.56 Å². The van der Waals surface area contributed by atoms with Crippen LogP contribution >= 0.6 is 11.8 Å². The molecular weight excluding hydrogens is 315 g/mol. The first-order valence-corrected chi connectivity index (χ1v) is 8.27. The summed E-state index contributed by atoms with van der Waals surface area (Å²) in [6.45, 7) is 1.38. The van der Waals surface area contributed by atoms with Gasteiger partial charge in [0.1, 0.15) is 5.54 Å². The second kappa shape index (κ2) is 5.45. The van der Waals surface area contributed by atoms with Gasteiger partial charge >= 0.3 is 0 Å². The number of nitrogens with zero attached hydrogens (tertiary/aromatic N) is 5. The Morgan fingerprint density at radius 2 is 2.00 bits per heavy atom. The quantitative estimate of drug-likeness (QED) is 0.897. The molecule has 1 saturated heterocycles. The predicted molar refractivity (Wildman–Crippen MR) is 87.7 cm³/mol. The Morgan fingerprint density at radius 1 is 1.26 bits per heavy atom. The van der Waals surface area contributed by atoms with Crippen LogP contribution in [-0.4, -0.2) is 39.0 Å². The number of amidine groups is 1. The molecule has 2 aromatic heterocycles. The molecule has 0 amide bonds. The zero-order valence-corrected chi connectivity index (χ0v) is 13.1. The first-order valence-electron chi connectivity index (χ1n) is 7.28. The van der Waals surface area contributed by atoms with Crippen molar-refractivity contribution < 1.29 is 4.39 Å². The van der Waals surface area contributed by atoms with E-state index in [1.807, 2.05) is 17.0 Å². The summed E-state index contributed by atoms with van der Waals surface area (Å²) < 4.78 is 13.1. The van der Waals surface area contributed by atoms with Crippen LogP contribution in [0.25, 0.3) is 0 Å². The number of rotatable bonds is 2. The normalized spacial score (nSPS) is 26.7. The van der Waals surface area contributed by atoms with Crippen molar-refractivity contribution in [3.05, 3.63) is 48.3 Å². The molecule has 2 atom stereocenters. The predicted octanol–water partition coefficient (Wildman–Crippen LogP) is 1.40. The molecule has 1 fully saturated rings. The van der Waals surface area contributed by atoms with Crippen LogP contribution in [0, 0.1) is 11.7 Å². The zero-order chi connectivity index (χ0) is 15.9. The van der Waals surface area contributed by atoms with Gasteiger partial charge in [-0.1, -0.05) is 11.8 Å². The van der Waals surface area contributed by atoms with E-state index in [9.17, 15) is 4.39 Å². The van der Waals surface area contributed by atoms with Gasteiger partial charge in [-0.3, -0.25) is 4.98 Å². The van der Waals surface area contributed by atoms with Crippen molar-refractivity contribution in [2.75, 3.05) is 23.7 Å². The molecule has 2 aromatic rings. The molecule has 4 heterocycles. The van der Waals surface area contributed by atoms with Gasteiger partial charge < -0.3 is 10.6 Å². The number of pyridine rings is 1. The molecule has 0 spiro atoms. The maximum atomic E-state index is 13.1. The molecule has 2 aliphatic rings. The van der Waals surface area contributed by atoms with Crippen LogP contribution in [0.3, 0.4) is 0 Å². The lowest BCUT2D eigenvalue weighted by Gasteiger charge is -2.34. The van der Waals surface area contributed by atoms with Gasteiger partial charge in [0.05, 0.1) is 18.9 Å². The Kier molecular flexibility index (Phi) is 3.41. The minimum atomic E-state index is -0.438. The third kappa shape index (κ3) is 2.42. The van der Waals surface area contributed by atoms with E-state index in [0.29, 0.717) is 17.7 Å². The van der Waals surface area contributed by atoms with Gasteiger partial charge in [-0.05, 0) is 17.7 Å². The number of aromatic nitrogens is 3. The minimum absolute atomic E-state index is 0.288. The fourth-order valence-corrected chi connectivity index (χ4v) is 4.27. The molecule has 6 nitrogen and oxygen atoms in total. The van der Waals surface area contributed by atoms with E-state index in [1.165, 1.54) is 12.4 Å². The first kappa shape index (κ1) is 14.4. The van der Waals surface area contributed by atoms with Gasteiger partial charge in [-0.25, -0.2) is 19.4 Å². The number of aliphatic imine (C=N–C) groups is 1. The highest BCUT2D eigenvalue weighted by Crippen LogP contribution is 2.45. The fourth-order valence-electron chi connectivity index (χ4n) is 3.29. The summed E-state index contributed by atoms with van der Waals surface area (Å²) in [6, 6.07) is 3.96. The van der Waals surface area contributed by atoms with Crippen LogP contribution in [0.2, 0.25) is 0 Å². The topological polar surface area (TPSA) is 80.3 Å². The number of nitrogens with two attached hydrogens (primary N) is 1. The lowest BCUT2D eigenvalue weighted by Crippen LogP contribution is -2.40. The summed E-state index contributed by atoms with van der Waals surface area (Å²) in [5.74, 6) is 1.26. The van der Waals surface area contributed by atoms with Crippen LogP contribution in [0.4, 0.5) is 10.3 Å². The second-order valence-corrected chi connectivity index (χ2v) is 6.74. The van der Waals surface area contributed by atoms with E-state index < -0.39 is 11.4 Å². The van der Waals surface area contributed by atoms with Gasteiger partial charge in [-0.15, -0.1) is 0 Å². The van der Waals surface area contributed by atoms with Gasteiger partial charge in [-0.2, -0.15) is 0 Å². The third-order valence-corrected chi connectivity index (χ3v) is 5.32. The largest absolute Gasteiger partial charge is 0.379 e. The minimum Gasteiger partial charge on any atom is -0.379 e. The van der Waals surface area contributed by atoms with Crippen molar-refractivity contribution in [2.24, 2.45) is 16.6 Å². The molecule has 0 unspecified atom stereocenters. The van der Waals surface area contributed by atoms with Crippen molar-refractivity contribution in [1.29, 1.82) is 0 Å². The van der Waals surface area contributed by atoms with Crippen molar-refractivity contribution >= 4 is 22.9 Å². The number of fused-ring (bicyclic) bond motifs is 1. The Hall–Kier alpha value is -2.22. The second-order valence-electron chi connectivity index (χ2n) is 5.70. The maximum Gasteiger partial charge on any atom is 0.225 e. The van der Waals surface area contributed by atoms with Crippen molar-refractivity contribution in [2.45, 2.75) is 5.54 Å². The molecule has 118 valence electrons. The Bertz CT molecular complexity index is 737. The van der Waals surface area contributed by atoms with E-state index in [0.717, 1.165) is 17.9 Å². The maximum absolute atomic E-state index is 13.1. The number of thioether (sulfide) groups is 1. The van der Waals surface area contributed by atoms with Crippen LogP contribution < -0.4 is 10.6 Å². The lowest BCUT2D eigenvalue weighted by atomic mass is 9.82. The van der Waals surface area contributed by atoms with Crippen molar-refractivity contribution in [3.63, 3.8) is 0 Å². The molecular formula is C15H15FN6S. The van der Waals surface area contributed by atoms with Crippen LogP contribution in [0.15, 0.2) is 41.9 Å². The van der Waals surface area contributed by atoms with E-state index in [-0.39, 0.29) is 5.92 Å². The highest BCUT2D eigenvalue weighted by Gasteiger charge is 2.50. The molecule has 0 saturated carbocycles. The Balaban J connectivity index is 1.75. The SMILES string of the molecule is NC1=N[C@@]2(c3ccncc3)CN(c3ncc(F)cn3)C[C@H]2CS1. The molecule has 0 bridgehead atoms. The Labute approximate surface area is 137 Å². The molecule has 0 aromatic carbocycles. The molecule has 2 N–H and O–H groups in total. The number of anilines is 1. The van der Waals surface area contributed by atoms with Gasteiger partial charge in [0.2, 0.25) is 5.95 Å². The molecule has 4 rings (SSSR count). The van der Waals surface area contributed by atoms with Crippen molar-refractivity contribution in [3.8, 4) is 0 Å². The number of halogens is 1. The van der Waals surface area contributed by atoms with Gasteiger partial charge in [0, 0.05) is 30.6 Å². The summed E-state index contributed by atoms with van der Waals surface area (Å²) in [7, 11) is 0. The standard InChI is InChI=1S/C15H15FN6S/c16-12-5-19-14(20-6-12)22-7-11-8-23-13(17)21-15(11,9-22)10-1-3-18-4-2-10/h1-6,11H,7-9H2,(H2,17,21)/t11-,15+/m0/s1. The summed E-state index contributed by atoms with van der Waals surface area (Å²) >= 11 is 1.57. The molecule has 23 heavy (non-hydrogen) atoms. The third-order valence-electron chi connectivity index (χ3n) is 4.36. The van der Waals surface area contributed by atoms with E-state index in [1.54, 1.807) is 24.2 Å². The average Bonchev–Trinajstić information content (AvgIpc) is 2.96. The van der Waals surface area contributed by atoms with E-state index >= 15 is 0 Å². The fraction of sp³-hybridized carbons (Fsp3) is 0.333.